The van der Waals surface area contributed by atoms with Crippen molar-refractivity contribution in [3.63, 3.8) is 0 Å². The van der Waals surface area contributed by atoms with Crippen molar-refractivity contribution in [1.29, 1.82) is 0 Å². The molecule has 6 nitrogen and oxygen atoms in total. The van der Waals surface area contributed by atoms with Gasteiger partial charge in [0.15, 0.2) is 0 Å². The Balaban J connectivity index is 1.45. The van der Waals surface area contributed by atoms with Crippen LogP contribution < -0.4 is 5.32 Å². The molecule has 162 valence electrons. The molecule has 0 radical (unpaired) electrons. The lowest BCUT2D eigenvalue weighted by molar-refractivity contribution is 0.0162. The van der Waals surface area contributed by atoms with E-state index >= 15 is 0 Å². The molecule has 1 aromatic heterocycles. The van der Waals surface area contributed by atoms with Crippen LogP contribution in [0.3, 0.4) is 0 Å². The molecule has 0 bridgehead atoms. The quantitative estimate of drug-likeness (QED) is 0.665. The number of hydrogen-bond donors (Lipinski definition) is 1. The van der Waals surface area contributed by atoms with Gasteiger partial charge in [-0.1, -0.05) is 29.8 Å². The summed E-state index contributed by atoms with van der Waals surface area (Å²) in [5.41, 5.74) is 6.09. The molecule has 3 aromatic rings. The van der Waals surface area contributed by atoms with Gasteiger partial charge in [0.1, 0.15) is 0 Å². The molecule has 1 amide bonds. The topological polar surface area (TPSA) is 59.4 Å². The summed E-state index contributed by atoms with van der Waals surface area (Å²) in [5, 5.41) is 7.65. The Kier molecular flexibility index (Phi) is 6.49. The second kappa shape index (κ2) is 9.45. The van der Waals surface area contributed by atoms with E-state index in [2.05, 4.69) is 46.5 Å². The number of nitrogens with one attached hydrogen (secondary N) is 1. The molecule has 2 aromatic carbocycles. The van der Waals surface area contributed by atoms with Crippen LogP contribution >= 0.6 is 0 Å². The van der Waals surface area contributed by atoms with Gasteiger partial charge in [-0.2, -0.15) is 5.10 Å². The number of aryl methyl sites for hydroxylation is 3. The molecule has 1 atom stereocenters. The Hall–Kier alpha value is -2.96. The van der Waals surface area contributed by atoms with Crippen LogP contribution in [-0.4, -0.2) is 53.4 Å². The molecule has 0 aliphatic carbocycles. The fourth-order valence-electron chi connectivity index (χ4n) is 4.07. The minimum Gasteiger partial charge on any atom is -0.379 e. The minimum atomic E-state index is -0.0645. The molecule has 2 heterocycles. The molecule has 4 rings (SSSR count). The number of rotatable bonds is 6. The standard InChI is InChI=1S/C25H30N4O2/c1-18-4-6-21(7-5-18)24(28-12-14-31-15-13-28)17-26-25(30)22-8-10-23(11-9-22)29-20(3)16-19(2)27-29/h4-11,16,24H,12-15,17H2,1-3H3,(H,26,30)/t24-/m0/s1. The number of morpholine rings is 1. The summed E-state index contributed by atoms with van der Waals surface area (Å²) in [6.07, 6.45) is 0. The number of ether oxygens (including phenoxy) is 1. The van der Waals surface area contributed by atoms with Crippen molar-refractivity contribution < 1.29 is 9.53 Å². The minimum absolute atomic E-state index is 0.0645. The smallest absolute Gasteiger partial charge is 0.251 e. The van der Waals surface area contributed by atoms with Crippen LogP contribution in [0.5, 0.6) is 0 Å². The fourth-order valence-corrected chi connectivity index (χ4v) is 4.07. The van der Waals surface area contributed by atoms with E-state index in [0.29, 0.717) is 12.1 Å². The average molecular weight is 419 g/mol. The zero-order valence-electron chi connectivity index (χ0n) is 18.5. The highest BCUT2D eigenvalue weighted by atomic mass is 16.5. The van der Waals surface area contributed by atoms with Crippen molar-refractivity contribution in [3.8, 4) is 5.69 Å². The third-order valence-corrected chi connectivity index (χ3v) is 5.79. The van der Waals surface area contributed by atoms with E-state index in [1.54, 1.807) is 0 Å². The Morgan fingerprint density at radius 2 is 1.71 bits per heavy atom. The van der Waals surface area contributed by atoms with Gasteiger partial charge in [-0.05, 0) is 56.7 Å². The first-order valence-electron chi connectivity index (χ1n) is 10.8. The van der Waals surface area contributed by atoms with Crippen molar-refractivity contribution in [1.82, 2.24) is 20.0 Å². The molecule has 0 unspecified atom stereocenters. The van der Waals surface area contributed by atoms with Crippen LogP contribution in [-0.2, 0) is 4.74 Å². The van der Waals surface area contributed by atoms with Gasteiger partial charge < -0.3 is 10.1 Å². The van der Waals surface area contributed by atoms with Crippen molar-refractivity contribution >= 4 is 5.91 Å². The Morgan fingerprint density at radius 1 is 1.03 bits per heavy atom. The van der Waals surface area contributed by atoms with Crippen molar-refractivity contribution in [3.05, 3.63) is 82.7 Å². The van der Waals surface area contributed by atoms with Crippen LogP contribution in [0.1, 0.15) is 38.9 Å². The zero-order chi connectivity index (χ0) is 21.8. The Morgan fingerprint density at radius 3 is 2.32 bits per heavy atom. The predicted molar refractivity (Wildman–Crippen MR) is 122 cm³/mol. The summed E-state index contributed by atoms with van der Waals surface area (Å²) in [7, 11) is 0. The van der Waals surface area contributed by atoms with Crippen LogP contribution in [0, 0.1) is 20.8 Å². The first-order chi connectivity index (χ1) is 15.0. The molecule has 31 heavy (non-hydrogen) atoms. The van der Waals surface area contributed by atoms with E-state index < -0.39 is 0 Å². The molecule has 1 aliphatic rings. The lowest BCUT2D eigenvalue weighted by Gasteiger charge is -2.35. The average Bonchev–Trinajstić information content (AvgIpc) is 3.13. The Labute approximate surface area is 183 Å². The normalized spacial score (nSPS) is 15.6. The van der Waals surface area contributed by atoms with E-state index in [1.165, 1.54) is 11.1 Å². The molecule has 1 aliphatic heterocycles. The molecule has 1 N–H and O–H groups in total. The highest BCUT2D eigenvalue weighted by molar-refractivity contribution is 5.94. The first-order valence-corrected chi connectivity index (χ1v) is 10.8. The van der Waals surface area contributed by atoms with Crippen LogP contribution in [0.15, 0.2) is 54.6 Å². The number of benzene rings is 2. The lowest BCUT2D eigenvalue weighted by Crippen LogP contribution is -2.43. The maximum atomic E-state index is 12.9. The number of carbonyl (C=O) groups excluding carboxylic acids is 1. The summed E-state index contributed by atoms with van der Waals surface area (Å²) >= 11 is 0. The second-order valence-corrected chi connectivity index (χ2v) is 8.17. The fraction of sp³-hybridized carbons (Fsp3) is 0.360. The maximum Gasteiger partial charge on any atom is 0.251 e. The summed E-state index contributed by atoms with van der Waals surface area (Å²) in [6.45, 7) is 9.83. The molecule has 1 fully saturated rings. The number of nitrogens with zero attached hydrogens (tertiary/aromatic N) is 3. The van der Waals surface area contributed by atoms with Crippen LogP contribution in [0.25, 0.3) is 5.69 Å². The number of carbonyl (C=O) groups is 1. The van der Waals surface area contributed by atoms with Gasteiger partial charge in [-0.3, -0.25) is 9.69 Å². The Bertz CT molecular complexity index is 1020. The van der Waals surface area contributed by atoms with Gasteiger partial charge >= 0.3 is 0 Å². The zero-order valence-corrected chi connectivity index (χ0v) is 18.5. The van der Waals surface area contributed by atoms with Crippen LogP contribution in [0.2, 0.25) is 0 Å². The highest BCUT2D eigenvalue weighted by Gasteiger charge is 2.23. The van der Waals surface area contributed by atoms with Crippen LogP contribution in [0.4, 0.5) is 0 Å². The van der Waals surface area contributed by atoms with Crippen molar-refractivity contribution in [2.45, 2.75) is 26.8 Å². The van der Waals surface area contributed by atoms with E-state index in [9.17, 15) is 4.79 Å². The third-order valence-electron chi connectivity index (χ3n) is 5.79. The first kappa shape index (κ1) is 21.3. The summed E-state index contributed by atoms with van der Waals surface area (Å²) < 4.78 is 7.41. The highest BCUT2D eigenvalue weighted by Crippen LogP contribution is 2.22. The van der Waals surface area contributed by atoms with Gasteiger partial charge in [0, 0.05) is 30.9 Å². The molecular weight excluding hydrogens is 388 g/mol. The molecular formula is C25H30N4O2. The number of hydrogen-bond acceptors (Lipinski definition) is 4. The third kappa shape index (κ3) is 5.03. The lowest BCUT2D eigenvalue weighted by atomic mass is 10.0. The summed E-state index contributed by atoms with van der Waals surface area (Å²) in [6, 6.07) is 18.3. The maximum absolute atomic E-state index is 12.9. The van der Waals surface area contributed by atoms with Crippen molar-refractivity contribution in [2.75, 3.05) is 32.8 Å². The summed E-state index contributed by atoms with van der Waals surface area (Å²) in [5.74, 6) is -0.0645. The summed E-state index contributed by atoms with van der Waals surface area (Å²) in [4.78, 5) is 15.2. The molecule has 0 saturated carbocycles. The molecule has 0 spiro atoms. The molecule has 1 saturated heterocycles. The largest absolute Gasteiger partial charge is 0.379 e. The van der Waals surface area contributed by atoms with Gasteiger partial charge in [0.05, 0.1) is 30.6 Å². The second-order valence-electron chi connectivity index (χ2n) is 8.17. The SMILES string of the molecule is Cc1ccc([C@H](CNC(=O)c2ccc(-n3nc(C)cc3C)cc2)N2CCOCC2)cc1. The van der Waals surface area contributed by atoms with Gasteiger partial charge in [-0.25, -0.2) is 4.68 Å². The monoisotopic (exact) mass is 418 g/mol. The van der Waals surface area contributed by atoms with Gasteiger partial charge in [0.2, 0.25) is 0 Å². The van der Waals surface area contributed by atoms with E-state index in [1.807, 2.05) is 48.9 Å². The number of aromatic nitrogens is 2. The molecule has 6 heteroatoms. The van der Waals surface area contributed by atoms with E-state index in [0.717, 1.165) is 43.4 Å². The van der Waals surface area contributed by atoms with E-state index in [-0.39, 0.29) is 11.9 Å². The van der Waals surface area contributed by atoms with E-state index in [4.69, 9.17) is 4.74 Å². The predicted octanol–water partition coefficient (Wildman–Crippen LogP) is 3.60. The van der Waals surface area contributed by atoms with Gasteiger partial charge in [-0.15, -0.1) is 0 Å². The number of amides is 1. The van der Waals surface area contributed by atoms with Crippen molar-refractivity contribution in [2.24, 2.45) is 0 Å². The van der Waals surface area contributed by atoms with Gasteiger partial charge in [0.25, 0.3) is 5.91 Å².